The van der Waals surface area contributed by atoms with Crippen molar-refractivity contribution in [2.24, 2.45) is 0 Å². The Balaban J connectivity index is 1.44. The van der Waals surface area contributed by atoms with Crippen LogP contribution in [0.4, 0.5) is 9.18 Å². The molecule has 2 unspecified atom stereocenters. The number of likely N-dealkylation sites (tertiary alicyclic amines) is 1. The molecule has 0 radical (unpaired) electrons. The predicted octanol–water partition coefficient (Wildman–Crippen LogP) is 0.796. The summed E-state index contributed by atoms with van der Waals surface area (Å²) in [4.78, 5) is 52.6. The minimum atomic E-state index is -0.849. The monoisotopic (exact) mass is 477 g/mol. The molecule has 3 fully saturated rings. The number of imide groups is 1. The quantitative estimate of drug-likeness (QED) is 0.501. The van der Waals surface area contributed by atoms with E-state index in [9.17, 15) is 23.6 Å². The van der Waals surface area contributed by atoms with E-state index in [0.29, 0.717) is 38.9 Å². The fraction of sp³-hybridized carbons (Fsp3) is 0.545. The Morgan fingerprint density at radius 2 is 1.85 bits per heavy atom. The zero-order valence-corrected chi connectivity index (χ0v) is 19.3. The zero-order valence-electron chi connectivity index (χ0n) is 18.4. The normalized spacial score (nSPS) is 24.4. The largest absolute Gasteiger partial charge is 0.342 e. The molecule has 5 amide bonds. The van der Waals surface area contributed by atoms with Crippen molar-refractivity contribution >= 4 is 35.5 Å². The number of thioether (sulfide) groups is 1. The van der Waals surface area contributed by atoms with Crippen molar-refractivity contribution in [3.8, 4) is 0 Å². The Morgan fingerprint density at radius 1 is 1.15 bits per heavy atom. The summed E-state index contributed by atoms with van der Waals surface area (Å²) in [6.07, 6.45) is 3.71. The fourth-order valence-electron chi connectivity index (χ4n) is 4.74. The Morgan fingerprint density at radius 3 is 2.45 bits per heavy atom. The molecule has 1 aromatic carbocycles. The van der Waals surface area contributed by atoms with Crippen LogP contribution in [-0.4, -0.2) is 76.4 Å². The van der Waals surface area contributed by atoms with Crippen LogP contribution in [-0.2, 0) is 20.9 Å². The van der Waals surface area contributed by atoms with Crippen LogP contribution < -0.4 is 16.0 Å². The molecule has 11 heteroatoms. The summed E-state index contributed by atoms with van der Waals surface area (Å²) in [6, 6.07) is 4.42. The first-order chi connectivity index (χ1) is 15.8. The van der Waals surface area contributed by atoms with Gasteiger partial charge in [0.1, 0.15) is 11.9 Å². The van der Waals surface area contributed by atoms with Crippen molar-refractivity contribution in [3.05, 3.63) is 35.6 Å². The number of nitrogens with zero attached hydrogens (tertiary/aromatic N) is 2. The Labute approximate surface area is 195 Å². The van der Waals surface area contributed by atoms with Gasteiger partial charge in [0, 0.05) is 32.5 Å². The molecule has 3 saturated heterocycles. The lowest BCUT2D eigenvalue weighted by Gasteiger charge is -2.45. The van der Waals surface area contributed by atoms with Crippen LogP contribution in [0, 0.1) is 5.82 Å². The number of urea groups is 1. The molecule has 0 bridgehead atoms. The van der Waals surface area contributed by atoms with Crippen LogP contribution in [0.3, 0.4) is 0 Å². The second-order valence-corrected chi connectivity index (χ2v) is 9.65. The first kappa shape index (κ1) is 23.5. The fourth-order valence-corrected chi connectivity index (χ4v) is 5.21. The van der Waals surface area contributed by atoms with E-state index in [-0.39, 0.29) is 30.1 Å². The molecule has 0 saturated carbocycles. The molecule has 3 aliphatic rings. The lowest BCUT2D eigenvalue weighted by atomic mass is 9.94. The van der Waals surface area contributed by atoms with Gasteiger partial charge >= 0.3 is 6.03 Å². The van der Waals surface area contributed by atoms with Gasteiger partial charge in [-0.05, 0) is 36.1 Å². The number of hydrogen-bond acceptors (Lipinski definition) is 6. The molecule has 2 atom stereocenters. The van der Waals surface area contributed by atoms with Gasteiger partial charge in [-0.2, -0.15) is 11.8 Å². The maximum absolute atomic E-state index is 13.4. The number of hydrogen-bond donors (Lipinski definition) is 3. The van der Waals surface area contributed by atoms with Crippen molar-refractivity contribution in [1.29, 1.82) is 0 Å². The molecule has 1 spiro atoms. The van der Waals surface area contributed by atoms with Crippen LogP contribution in [0.25, 0.3) is 0 Å². The molecule has 178 valence electrons. The van der Waals surface area contributed by atoms with Crippen LogP contribution in [0.5, 0.6) is 0 Å². The summed E-state index contributed by atoms with van der Waals surface area (Å²) in [5.74, 6) is -0.147. The van der Waals surface area contributed by atoms with Gasteiger partial charge in [-0.3, -0.25) is 25.0 Å². The third kappa shape index (κ3) is 4.98. The van der Waals surface area contributed by atoms with Crippen LogP contribution >= 0.6 is 11.8 Å². The standard InChI is InChI=1S/C22H28FN5O4S/c1-33-11-6-16-20(31)28(13-14-2-4-15(23)5-3-14)22(26-16)7-9-27(10-8-22)18(29)12-17-19(30)25-21(32)24-17/h2-5,16-17,26H,6-13H2,1H3,(H2,24,25,30,32). The topological polar surface area (TPSA) is 111 Å². The van der Waals surface area contributed by atoms with Gasteiger partial charge in [-0.25, -0.2) is 9.18 Å². The van der Waals surface area contributed by atoms with Crippen LogP contribution in [0.1, 0.15) is 31.2 Å². The molecular weight excluding hydrogens is 449 g/mol. The second kappa shape index (κ2) is 9.68. The number of nitrogens with one attached hydrogen (secondary N) is 3. The van der Waals surface area contributed by atoms with Crippen molar-refractivity contribution in [3.63, 3.8) is 0 Å². The molecule has 33 heavy (non-hydrogen) atoms. The van der Waals surface area contributed by atoms with E-state index in [1.807, 2.05) is 11.2 Å². The average molecular weight is 478 g/mol. The lowest BCUT2D eigenvalue weighted by molar-refractivity contribution is -0.139. The van der Waals surface area contributed by atoms with E-state index in [2.05, 4.69) is 16.0 Å². The molecular formula is C22H28FN5O4S. The lowest BCUT2D eigenvalue weighted by Crippen LogP contribution is -2.59. The number of benzene rings is 1. The number of carbonyl (C=O) groups excluding carboxylic acids is 4. The number of piperidine rings is 1. The van der Waals surface area contributed by atoms with E-state index < -0.39 is 23.6 Å². The molecule has 0 aliphatic carbocycles. The minimum absolute atomic E-state index is 0.0264. The molecule has 0 aromatic heterocycles. The van der Waals surface area contributed by atoms with Gasteiger partial charge in [-0.15, -0.1) is 0 Å². The van der Waals surface area contributed by atoms with Gasteiger partial charge in [0.15, 0.2) is 0 Å². The Hall–Kier alpha value is -2.66. The van der Waals surface area contributed by atoms with Gasteiger partial charge in [-0.1, -0.05) is 12.1 Å². The Bertz CT molecular complexity index is 935. The summed E-state index contributed by atoms with van der Waals surface area (Å²) in [6.45, 7) is 1.22. The van der Waals surface area contributed by atoms with Crippen LogP contribution in [0.2, 0.25) is 0 Å². The number of amides is 5. The van der Waals surface area contributed by atoms with Gasteiger partial charge < -0.3 is 15.1 Å². The van der Waals surface area contributed by atoms with E-state index in [0.717, 1.165) is 11.3 Å². The average Bonchev–Trinajstić information content (AvgIpc) is 3.24. The van der Waals surface area contributed by atoms with Crippen molar-refractivity contribution in [2.45, 2.75) is 50.0 Å². The van der Waals surface area contributed by atoms with Crippen LogP contribution in [0.15, 0.2) is 24.3 Å². The molecule has 4 rings (SSSR count). The SMILES string of the molecule is CSCCC1NC2(CCN(C(=O)CC3NC(=O)NC3=O)CC2)N(Cc2ccc(F)cc2)C1=O. The summed E-state index contributed by atoms with van der Waals surface area (Å²) >= 11 is 1.68. The zero-order chi connectivity index (χ0) is 23.6. The highest BCUT2D eigenvalue weighted by Gasteiger charge is 2.51. The third-order valence-corrected chi connectivity index (χ3v) is 7.21. The molecule has 1 aromatic rings. The molecule has 9 nitrogen and oxygen atoms in total. The summed E-state index contributed by atoms with van der Waals surface area (Å²) < 4.78 is 13.4. The van der Waals surface area contributed by atoms with E-state index in [1.54, 1.807) is 28.8 Å². The predicted molar refractivity (Wildman–Crippen MR) is 120 cm³/mol. The van der Waals surface area contributed by atoms with E-state index in [1.165, 1.54) is 12.1 Å². The maximum Gasteiger partial charge on any atom is 0.322 e. The first-order valence-electron chi connectivity index (χ1n) is 11.0. The second-order valence-electron chi connectivity index (χ2n) is 8.66. The third-order valence-electron chi connectivity index (χ3n) is 6.57. The van der Waals surface area contributed by atoms with Crippen molar-refractivity contribution < 1.29 is 23.6 Å². The molecule has 3 N–H and O–H groups in total. The highest BCUT2D eigenvalue weighted by atomic mass is 32.2. The van der Waals surface area contributed by atoms with E-state index >= 15 is 0 Å². The molecule has 3 aliphatic heterocycles. The number of carbonyl (C=O) groups is 4. The highest BCUT2D eigenvalue weighted by Crippen LogP contribution is 2.35. The highest BCUT2D eigenvalue weighted by molar-refractivity contribution is 7.98. The Kier molecular flexibility index (Phi) is 6.89. The summed E-state index contributed by atoms with van der Waals surface area (Å²) in [5, 5.41) is 8.13. The van der Waals surface area contributed by atoms with Gasteiger partial charge in [0.25, 0.3) is 5.91 Å². The smallest absolute Gasteiger partial charge is 0.322 e. The maximum atomic E-state index is 13.4. The number of rotatable bonds is 7. The van der Waals surface area contributed by atoms with Crippen molar-refractivity contribution in [2.75, 3.05) is 25.1 Å². The molecule has 3 heterocycles. The minimum Gasteiger partial charge on any atom is -0.342 e. The first-order valence-corrected chi connectivity index (χ1v) is 12.4. The van der Waals surface area contributed by atoms with E-state index in [4.69, 9.17) is 0 Å². The summed E-state index contributed by atoms with van der Waals surface area (Å²) in [7, 11) is 0. The number of halogens is 1. The summed E-state index contributed by atoms with van der Waals surface area (Å²) in [5.41, 5.74) is 0.266. The van der Waals surface area contributed by atoms with Gasteiger partial charge in [0.05, 0.1) is 18.1 Å². The van der Waals surface area contributed by atoms with Crippen molar-refractivity contribution in [1.82, 2.24) is 25.8 Å². The van der Waals surface area contributed by atoms with Gasteiger partial charge in [0.2, 0.25) is 11.8 Å².